The largest absolute Gasteiger partial charge is 0.441 e. The maximum Gasteiger partial charge on any atom is 0.334 e. The Bertz CT molecular complexity index is 762. The summed E-state index contributed by atoms with van der Waals surface area (Å²) in [7, 11) is 0. The number of hydrogen-bond acceptors (Lipinski definition) is 3. The SMILES string of the molecule is C=C(C)C(=O)OC(c1ccccc1)(c1ccccc1)c1ccncc1. The number of aromatic nitrogens is 1. The molecule has 2 aromatic carbocycles. The van der Waals surface area contributed by atoms with Crippen LogP contribution in [0.25, 0.3) is 0 Å². The third-order valence-corrected chi connectivity index (χ3v) is 4.04. The van der Waals surface area contributed by atoms with Gasteiger partial charge < -0.3 is 4.74 Å². The van der Waals surface area contributed by atoms with E-state index in [0.717, 1.165) is 16.7 Å². The van der Waals surface area contributed by atoms with Crippen LogP contribution in [0.1, 0.15) is 23.6 Å². The topological polar surface area (TPSA) is 39.2 Å². The molecular formula is C22H19NO2. The van der Waals surface area contributed by atoms with E-state index in [0.29, 0.717) is 5.57 Å². The Balaban J connectivity index is 2.31. The van der Waals surface area contributed by atoms with Crippen molar-refractivity contribution in [3.8, 4) is 0 Å². The van der Waals surface area contributed by atoms with Crippen molar-refractivity contribution in [3.05, 3.63) is 114 Å². The number of carbonyl (C=O) groups excluding carboxylic acids is 1. The highest BCUT2D eigenvalue weighted by atomic mass is 16.6. The van der Waals surface area contributed by atoms with Gasteiger partial charge in [0, 0.05) is 34.7 Å². The minimum Gasteiger partial charge on any atom is -0.441 e. The van der Waals surface area contributed by atoms with Crippen molar-refractivity contribution < 1.29 is 9.53 Å². The van der Waals surface area contributed by atoms with Crippen LogP contribution < -0.4 is 0 Å². The number of benzene rings is 2. The van der Waals surface area contributed by atoms with Gasteiger partial charge in [0.15, 0.2) is 5.60 Å². The molecule has 0 radical (unpaired) electrons. The molecule has 0 atom stereocenters. The van der Waals surface area contributed by atoms with Crippen LogP contribution in [0.5, 0.6) is 0 Å². The van der Waals surface area contributed by atoms with Crippen molar-refractivity contribution in [3.63, 3.8) is 0 Å². The van der Waals surface area contributed by atoms with E-state index in [2.05, 4.69) is 11.6 Å². The van der Waals surface area contributed by atoms with Gasteiger partial charge in [0.25, 0.3) is 0 Å². The summed E-state index contributed by atoms with van der Waals surface area (Å²) in [5.41, 5.74) is 1.84. The van der Waals surface area contributed by atoms with Crippen molar-refractivity contribution >= 4 is 5.97 Å². The smallest absolute Gasteiger partial charge is 0.334 e. The predicted octanol–water partition coefficient (Wildman–Crippen LogP) is 4.49. The van der Waals surface area contributed by atoms with Gasteiger partial charge in [-0.1, -0.05) is 67.2 Å². The number of hydrogen-bond donors (Lipinski definition) is 0. The van der Waals surface area contributed by atoms with E-state index in [-0.39, 0.29) is 0 Å². The van der Waals surface area contributed by atoms with E-state index in [1.54, 1.807) is 19.3 Å². The molecule has 25 heavy (non-hydrogen) atoms. The third-order valence-electron chi connectivity index (χ3n) is 4.04. The zero-order valence-electron chi connectivity index (χ0n) is 14.1. The summed E-state index contributed by atoms with van der Waals surface area (Å²) in [6, 6.07) is 23.2. The summed E-state index contributed by atoms with van der Waals surface area (Å²) in [5, 5.41) is 0. The van der Waals surface area contributed by atoms with Crippen LogP contribution in [0.15, 0.2) is 97.3 Å². The Morgan fingerprint density at radius 2 is 1.28 bits per heavy atom. The first-order valence-corrected chi connectivity index (χ1v) is 8.05. The predicted molar refractivity (Wildman–Crippen MR) is 97.9 cm³/mol. The van der Waals surface area contributed by atoms with E-state index < -0.39 is 11.6 Å². The summed E-state index contributed by atoms with van der Waals surface area (Å²) in [6.07, 6.45) is 3.40. The maximum absolute atomic E-state index is 12.5. The molecule has 0 spiro atoms. The van der Waals surface area contributed by atoms with E-state index in [9.17, 15) is 4.79 Å². The molecule has 0 aliphatic heterocycles. The fraction of sp³-hybridized carbons (Fsp3) is 0.0909. The van der Waals surface area contributed by atoms with E-state index in [4.69, 9.17) is 4.74 Å². The Kier molecular flexibility index (Phi) is 4.75. The highest BCUT2D eigenvalue weighted by Crippen LogP contribution is 2.40. The maximum atomic E-state index is 12.5. The number of carbonyl (C=O) groups is 1. The van der Waals surface area contributed by atoms with Gasteiger partial charge in [-0.3, -0.25) is 4.98 Å². The van der Waals surface area contributed by atoms with Gasteiger partial charge in [0.2, 0.25) is 0 Å². The van der Waals surface area contributed by atoms with Crippen molar-refractivity contribution in [2.45, 2.75) is 12.5 Å². The van der Waals surface area contributed by atoms with Gasteiger partial charge in [0.1, 0.15) is 0 Å². The average molecular weight is 329 g/mol. The fourth-order valence-corrected chi connectivity index (χ4v) is 2.84. The number of pyridine rings is 1. The summed E-state index contributed by atoms with van der Waals surface area (Å²) in [5.74, 6) is -0.440. The second-order valence-corrected chi connectivity index (χ2v) is 5.82. The minimum absolute atomic E-state index is 0.352. The monoisotopic (exact) mass is 329 g/mol. The van der Waals surface area contributed by atoms with Crippen molar-refractivity contribution in [2.24, 2.45) is 0 Å². The van der Waals surface area contributed by atoms with Gasteiger partial charge in [-0.05, 0) is 19.1 Å². The highest BCUT2D eigenvalue weighted by Gasteiger charge is 2.40. The van der Waals surface area contributed by atoms with Gasteiger partial charge in [-0.25, -0.2) is 4.79 Å². The second kappa shape index (κ2) is 7.14. The lowest BCUT2D eigenvalue weighted by Gasteiger charge is -2.35. The molecule has 0 amide bonds. The molecule has 1 heterocycles. The summed E-state index contributed by atoms with van der Waals surface area (Å²) >= 11 is 0. The molecule has 3 rings (SSSR count). The minimum atomic E-state index is -1.07. The van der Waals surface area contributed by atoms with Crippen LogP contribution in [0, 0.1) is 0 Å². The van der Waals surface area contributed by atoms with E-state index in [1.165, 1.54) is 0 Å². The number of nitrogens with zero attached hydrogens (tertiary/aromatic N) is 1. The lowest BCUT2D eigenvalue weighted by Crippen LogP contribution is -2.35. The normalized spacial score (nSPS) is 10.9. The first-order valence-electron chi connectivity index (χ1n) is 8.05. The summed E-state index contributed by atoms with van der Waals surface area (Å²) in [4.78, 5) is 16.6. The number of ether oxygens (including phenoxy) is 1. The Morgan fingerprint density at radius 1 is 0.840 bits per heavy atom. The Hall–Kier alpha value is -3.20. The van der Waals surface area contributed by atoms with Crippen molar-refractivity contribution in [1.82, 2.24) is 4.98 Å². The van der Waals surface area contributed by atoms with Crippen molar-refractivity contribution in [2.75, 3.05) is 0 Å². The molecule has 3 nitrogen and oxygen atoms in total. The van der Waals surface area contributed by atoms with Gasteiger partial charge in [0.05, 0.1) is 0 Å². The fourth-order valence-electron chi connectivity index (χ4n) is 2.84. The lowest BCUT2D eigenvalue weighted by molar-refractivity contribution is -0.148. The van der Waals surface area contributed by atoms with Gasteiger partial charge in [-0.2, -0.15) is 0 Å². The molecule has 3 heteroatoms. The molecule has 0 aliphatic rings. The highest BCUT2D eigenvalue weighted by molar-refractivity contribution is 5.88. The van der Waals surface area contributed by atoms with E-state index >= 15 is 0 Å². The van der Waals surface area contributed by atoms with Gasteiger partial charge in [-0.15, -0.1) is 0 Å². The van der Waals surface area contributed by atoms with Crippen LogP contribution in [0.3, 0.4) is 0 Å². The molecule has 0 aliphatic carbocycles. The molecule has 0 fully saturated rings. The molecule has 0 unspecified atom stereocenters. The van der Waals surface area contributed by atoms with Crippen LogP contribution in [-0.4, -0.2) is 11.0 Å². The quantitative estimate of drug-likeness (QED) is 0.511. The molecular weight excluding hydrogens is 310 g/mol. The molecule has 0 N–H and O–H groups in total. The molecule has 1 aromatic heterocycles. The second-order valence-electron chi connectivity index (χ2n) is 5.82. The first kappa shape index (κ1) is 16.7. The molecule has 124 valence electrons. The first-order chi connectivity index (χ1) is 12.1. The molecule has 0 saturated carbocycles. The number of esters is 1. The standard InChI is InChI=1S/C22H19NO2/c1-17(2)21(24)25-22(18-9-5-3-6-10-18,19-11-7-4-8-12-19)20-13-15-23-16-14-20/h3-16H,1H2,2H3. The third kappa shape index (κ3) is 3.22. The molecule has 0 bridgehead atoms. The summed E-state index contributed by atoms with van der Waals surface area (Å²) in [6.45, 7) is 5.38. The lowest BCUT2D eigenvalue weighted by atomic mass is 9.80. The van der Waals surface area contributed by atoms with Crippen LogP contribution >= 0.6 is 0 Å². The van der Waals surface area contributed by atoms with E-state index in [1.807, 2.05) is 72.8 Å². The van der Waals surface area contributed by atoms with Crippen LogP contribution in [-0.2, 0) is 15.1 Å². The van der Waals surface area contributed by atoms with Crippen LogP contribution in [0.2, 0.25) is 0 Å². The Morgan fingerprint density at radius 3 is 1.72 bits per heavy atom. The number of rotatable bonds is 5. The zero-order chi connectivity index (χ0) is 17.7. The van der Waals surface area contributed by atoms with Gasteiger partial charge >= 0.3 is 5.97 Å². The molecule has 3 aromatic rings. The van der Waals surface area contributed by atoms with Crippen LogP contribution in [0.4, 0.5) is 0 Å². The zero-order valence-corrected chi connectivity index (χ0v) is 14.1. The van der Waals surface area contributed by atoms with Crippen molar-refractivity contribution in [1.29, 1.82) is 0 Å². The summed E-state index contributed by atoms with van der Waals surface area (Å²) < 4.78 is 6.09. The molecule has 0 saturated heterocycles. The average Bonchev–Trinajstić information content (AvgIpc) is 2.68. The Labute approximate surface area is 147 Å².